The number of aliphatic carboxylic acids is 1. The molecule has 0 amide bonds. The van der Waals surface area contributed by atoms with E-state index in [1.165, 1.54) is 11.3 Å². The molecule has 5 aromatic rings. The number of halogens is 1. The quantitative estimate of drug-likeness (QED) is 0.202. The zero-order valence-electron chi connectivity index (χ0n) is 20.9. The van der Waals surface area contributed by atoms with Gasteiger partial charge < -0.3 is 9.84 Å². The lowest BCUT2D eigenvalue weighted by Crippen LogP contribution is -2.18. The molecule has 0 saturated heterocycles. The molecule has 9 heteroatoms. The first-order chi connectivity index (χ1) is 17.9. The molecule has 1 atom stereocenters. The number of benzene rings is 2. The van der Waals surface area contributed by atoms with Gasteiger partial charge in [0.1, 0.15) is 5.01 Å². The number of hydrogen-bond acceptors (Lipinski definition) is 6. The van der Waals surface area contributed by atoms with Crippen molar-refractivity contribution >= 4 is 44.8 Å². The largest absolute Gasteiger partial charge is 0.479 e. The van der Waals surface area contributed by atoms with Crippen LogP contribution < -0.4 is 0 Å². The standard InChI is InChI=1S/C28H27ClN4O3S/c1-4-6-11-36-24(28(34)35)22-16(3)12-21-25(23(22)18-7-9-20(29)10-8-18)37-27(32-21)19-13-30-26-17(5-2)14-31-33(26)15-19/h7-10,12-15,24H,4-6,11H2,1-3H3,(H,34,35). The van der Waals surface area contributed by atoms with E-state index in [4.69, 9.17) is 21.3 Å². The average Bonchev–Trinajstić information content (AvgIpc) is 3.50. The zero-order valence-corrected chi connectivity index (χ0v) is 22.4. The first kappa shape index (κ1) is 25.3. The van der Waals surface area contributed by atoms with E-state index in [1.807, 2.05) is 62.8 Å². The number of carbonyl (C=O) groups is 1. The molecule has 1 N–H and O–H groups in total. The van der Waals surface area contributed by atoms with Gasteiger partial charge in [-0.3, -0.25) is 0 Å². The third-order valence-corrected chi connectivity index (χ3v) is 7.78. The number of hydrogen-bond donors (Lipinski definition) is 1. The Kier molecular flexibility index (Phi) is 7.24. The van der Waals surface area contributed by atoms with Crippen molar-refractivity contribution in [2.45, 2.75) is 46.1 Å². The molecule has 2 aromatic carbocycles. The van der Waals surface area contributed by atoms with Crippen LogP contribution in [-0.4, -0.2) is 37.3 Å². The van der Waals surface area contributed by atoms with Crippen LogP contribution in [0.25, 0.3) is 37.6 Å². The second-order valence-corrected chi connectivity index (χ2v) is 10.4. The first-order valence-corrected chi connectivity index (χ1v) is 13.5. The topological polar surface area (TPSA) is 89.6 Å². The molecular weight excluding hydrogens is 508 g/mol. The zero-order chi connectivity index (χ0) is 26.1. The summed E-state index contributed by atoms with van der Waals surface area (Å²) < 4.78 is 8.60. The van der Waals surface area contributed by atoms with Gasteiger partial charge in [-0.25, -0.2) is 19.3 Å². The molecule has 0 spiro atoms. The third-order valence-electron chi connectivity index (χ3n) is 6.39. The number of fused-ring (bicyclic) bond motifs is 2. The van der Waals surface area contributed by atoms with Gasteiger partial charge >= 0.3 is 5.97 Å². The Morgan fingerprint density at radius 2 is 1.97 bits per heavy atom. The van der Waals surface area contributed by atoms with Crippen molar-refractivity contribution in [3.05, 3.63) is 70.6 Å². The van der Waals surface area contributed by atoms with E-state index < -0.39 is 12.1 Å². The minimum atomic E-state index is -1.10. The fourth-order valence-corrected chi connectivity index (χ4v) is 5.71. The van der Waals surface area contributed by atoms with Crippen LogP contribution in [0.15, 0.2) is 48.9 Å². The Labute approximate surface area is 223 Å². The second kappa shape index (κ2) is 10.6. The minimum Gasteiger partial charge on any atom is -0.479 e. The lowest BCUT2D eigenvalue weighted by molar-refractivity contribution is -0.151. The molecule has 0 radical (unpaired) electrons. The molecule has 190 valence electrons. The SMILES string of the molecule is CCCCOC(C(=O)O)c1c(C)cc2nc(-c3cnc4c(CC)cnn4c3)sc2c1-c1ccc(Cl)cc1. The van der Waals surface area contributed by atoms with Crippen LogP contribution in [0.5, 0.6) is 0 Å². The summed E-state index contributed by atoms with van der Waals surface area (Å²) in [7, 11) is 0. The average molecular weight is 535 g/mol. The van der Waals surface area contributed by atoms with Crippen molar-refractivity contribution in [2.75, 3.05) is 6.61 Å². The monoisotopic (exact) mass is 534 g/mol. The van der Waals surface area contributed by atoms with Crippen molar-refractivity contribution in [3.63, 3.8) is 0 Å². The molecule has 3 aromatic heterocycles. The lowest BCUT2D eigenvalue weighted by Gasteiger charge is -2.21. The fraction of sp³-hybridized carbons (Fsp3) is 0.286. The smallest absolute Gasteiger partial charge is 0.337 e. The summed E-state index contributed by atoms with van der Waals surface area (Å²) in [5, 5.41) is 16.0. The number of rotatable bonds is 9. The summed E-state index contributed by atoms with van der Waals surface area (Å²) in [6.45, 7) is 6.41. The molecule has 0 fully saturated rings. The molecule has 0 aliphatic heterocycles. The van der Waals surface area contributed by atoms with Crippen LogP contribution in [0.4, 0.5) is 0 Å². The van der Waals surface area contributed by atoms with Gasteiger partial charge in [0.15, 0.2) is 11.8 Å². The summed E-state index contributed by atoms with van der Waals surface area (Å²) in [6.07, 6.45) is 7.05. The second-order valence-electron chi connectivity index (χ2n) is 8.93. The van der Waals surface area contributed by atoms with Gasteiger partial charge in [-0.1, -0.05) is 44.0 Å². The van der Waals surface area contributed by atoms with Gasteiger partial charge in [-0.15, -0.1) is 11.3 Å². The number of carboxylic acid groups (broad SMARTS) is 1. The number of aryl methyl sites for hydroxylation is 2. The minimum absolute atomic E-state index is 0.369. The molecule has 0 aliphatic rings. The fourth-order valence-electron chi connectivity index (χ4n) is 4.48. The third kappa shape index (κ3) is 4.84. The van der Waals surface area contributed by atoms with Gasteiger partial charge in [-0.2, -0.15) is 5.10 Å². The van der Waals surface area contributed by atoms with Crippen LogP contribution in [0.3, 0.4) is 0 Å². The van der Waals surface area contributed by atoms with Crippen molar-refractivity contribution in [3.8, 4) is 21.7 Å². The number of thiazole rings is 1. The molecule has 0 aliphatic carbocycles. The van der Waals surface area contributed by atoms with Crippen molar-refractivity contribution in [1.82, 2.24) is 19.6 Å². The van der Waals surface area contributed by atoms with Gasteiger partial charge in [0.05, 0.1) is 16.4 Å². The summed E-state index contributed by atoms with van der Waals surface area (Å²) in [6, 6.07) is 9.39. The van der Waals surface area contributed by atoms with Crippen molar-refractivity contribution in [2.24, 2.45) is 0 Å². The summed E-state index contributed by atoms with van der Waals surface area (Å²) in [5.74, 6) is -1.02. The predicted octanol–water partition coefficient (Wildman–Crippen LogP) is 7.14. The Morgan fingerprint density at radius 3 is 2.68 bits per heavy atom. The number of unbranched alkanes of at least 4 members (excludes halogenated alkanes) is 1. The van der Waals surface area contributed by atoms with Crippen LogP contribution in [-0.2, 0) is 16.0 Å². The Morgan fingerprint density at radius 1 is 1.19 bits per heavy atom. The maximum atomic E-state index is 12.4. The summed E-state index contributed by atoms with van der Waals surface area (Å²) in [5.41, 5.74) is 6.68. The van der Waals surface area contributed by atoms with E-state index in [1.54, 1.807) is 4.52 Å². The van der Waals surface area contributed by atoms with Crippen molar-refractivity contribution in [1.29, 1.82) is 0 Å². The predicted molar refractivity (Wildman–Crippen MR) is 147 cm³/mol. The van der Waals surface area contributed by atoms with Crippen LogP contribution in [0.2, 0.25) is 5.02 Å². The van der Waals surface area contributed by atoms with Crippen LogP contribution >= 0.6 is 22.9 Å². The van der Waals surface area contributed by atoms with Crippen LogP contribution in [0, 0.1) is 6.92 Å². The molecule has 37 heavy (non-hydrogen) atoms. The van der Waals surface area contributed by atoms with Gasteiger partial charge in [0.25, 0.3) is 0 Å². The van der Waals surface area contributed by atoms with Gasteiger partial charge in [0.2, 0.25) is 0 Å². The van der Waals surface area contributed by atoms with E-state index >= 15 is 0 Å². The summed E-state index contributed by atoms with van der Waals surface area (Å²) in [4.78, 5) is 22.0. The Bertz CT molecular complexity index is 1590. The lowest BCUT2D eigenvalue weighted by atomic mass is 9.91. The van der Waals surface area contributed by atoms with Crippen LogP contribution in [0.1, 0.15) is 49.5 Å². The normalized spacial score (nSPS) is 12.4. The highest BCUT2D eigenvalue weighted by molar-refractivity contribution is 7.22. The van der Waals surface area contributed by atoms with E-state index in [0.29, 0.717) is 17.2 Å². The molecule has 0 bridgehead atoms. The molecule has 7 nitrogen and oxygen atoms in total. The Balaban J connectivity index is 1.72. The highest BCUT2D eigenvalue weighted by atomic mass is 35.5. The number of carboxylic acids is 1. The molecule has 1 unspecified atom stereocenters. The molecular formula is C28H27ClN4O3S. The van der Waals surface area contributed by atoms with E-state index in [0.717, 1.165) is 68.0 Å². The Hall–Kier alpha value is -3.33. The van der Waals surface area contributed by atoms with E-state index in [-0.39, 0.29) is 0 Å². The molecule has 3 heterocycles. The van der Waals surface area contributed by atoms with Gasteiger partial charge in [0, 0.05) is 46.3 Å². The number of nitrogens with zero attached hydrogens (tertiary/aromatic N) is 4. The molecule has 5 rings (SSSR count). The highest BCUT2D eigenvalue weighted by Gasteiger charge is 2.29. The van der Waals surface area contributed by atoms with Gasteiger partial charge in [-0.05, 0) is 49.1 Å². The maximum Gasteiger partial charge on any atom is 0.337 e. The highest BCUT2D eigenvalue weighted by Crippen LogP contribution is 2.43. The number of aromatic nitrogens is 4. The van der Waals surface area contributed by atoms with E-state index in [2.05, 4.69) is 17.0 Å². The first-order valence-electron chi connectivity index (χ1n) is 12.3. The molecule has 0 saturated carbocycles. The maximum absolute atomic E-state index is 12.4. The summed E-state index contributed by atoms with van der Waals surface area (Å²) >= 11 is 7.69. The van der Waals surface area contributed by atoms with Crippen molar-refractivity contribution < 1.29 is 14.6 Å². The number of ether oxygens (including phenoxy) is 1. The van der Waals surface area contributed by atoms with E-state index in [9.17, 15) is 9.90 Å².